The Balaban J connectivity index is 1.73. The number of rotatable bonds is 5. The van der Waals surface area contributed by atoms with Crippen molar-refractivity contribution >= 4 is 46.6 Å². The molecule has 0 fully saturated rings. The molecular formula is C18H15Cl2FN4OS. The highest BCUT2D eigenvalue weighted by Gasteiger charge is 2.21. The highest BCUT2D eigenvalue weighted by Crippen LogP contribution is 2.29. The molecule has 27 heavy (non-hydrogen) atoms. The van der Waals surface area contributed by atoms with E-state index >= 15 is 0 Å². The zero-order valence-corrected chi connectivity index (χ0v) is 16.7. The summed E-state index contributed by atoms with van der Waals surface area (Å²) in [6.07, 6.45) is 0. The fourth-order valence-electron chi connectivity index (χ4n) is 2.33. The van der Waals surface area contributed by atoms with Crippen LogP contribution in [0.2, 0.25) is 10.0 Å². The van der Waals surface area contributed by atoms with Gasteiger partial charge < -0.3 is 9.88 Å². The molecule has 0 aliphatic rings. The lowest BCUT2D eigenvalue weighted by molar-refractivity contribution is -0.115. The molecule has 0 bridgehead atoms. The molecule has 9 heteroatoms. The van der Waals surface area contributed by atoms with Crippen LogP contribution < -0.4 is 5.32 Å². The number of hydrogen-bond donors (Lipinski definition) is 1. The largest absolute Gasteiger partial charge is 0.324 e. The van der Waals surface area contributed by atoms with Crippen molar-refractivity contribution < 1.29 is 9.18 Å². The molecule has 0 spiro atoms. The zero-order chi connectivity index (χ0) is 19.6. The van der Waals surface area contributed by atoms with Gasteiger partial charge in [-0.3, -0.25) is 4.79 Å². The van der Waals surface area contributed by atoms with Crippen molar-refractivity contribution in [3.05, 3.63) is 58.3 Å². The van der Waals surface area contributed by atoms with Gasteiger partial charge in [0.1, 0.15) is 5.82 Å². The fourth-order valence-corrected chi connectivity index (χ4v) is 3.60. The monoisotopic (exact) mass is 424 g/mol. The Bertz CT molecular complexity index is 995. The number of carbonyl (C=O) groups is 1. The van der Waals surface area contributed by atoms with Crippen molar-refractivity contribution in [1.82, 2.24) is 14.8 Å². The van der Waals surface area contributed by atoms with E-state index in [-0.39, 0.29) is 11.7 Å². The summed E-state index contributed by atoms with van der Waals surface area (Å²) in [7, 11) is 1.73. The van der Waals surface area contributed by atoms with Gasteiger partial charge >= 0.3 is 0 Å². The van der Waals surface area contributed by atoms with Crippen LogP contribution in [0.25, 0.3) is 11.4 Å². The zero-order valence-electron chi connectivity index (χ0n) is 14.4. The molecule has 1 N–H and O–H groups in total. The number of amides is 1. The van der Waals surface area contributed by atoms with E-state index in [2.05, 4.69) is 15.5 Å². The number of nitrogens with one attached hydrogen (secondary N) is 1. The first kappa shape index (κ1) is 19.7. The van der Waals surface area contributed by atoms with Gasteiger partial charge in [0.15, 0.2) is 11.0 Å². The summed E-state index contributed by atoms with van der Waals surface area (Å²) in [6.45, 7) is 1.74. The van der Waals surface area contributed by atoms with Gasteiger partial charge in [-0.2, -0.15) is 0 Å². The molecule has 2 aromatic carbocycles. The Morgan fingerprint density at radius 3 is 2.67 bits per heavy atom. The van der Waals surface area contributed by atoms with Crippen molar-refractivity contribution in [2.75, 3.05) is 5.32 Å². The number of nitrogens with zero attached hydrogens (tertiary/aromatic N) is 3. The maximum Gasteiger partial charge on any atom is 0.237 e. The van der Waals surface area contributed by atoms with Gasteiger partial charge in [-0.25, -0.2) is 4.39 Å². The third kappa shape index (κ3) is 4.43. The summed E-state index contributed by atoms with van der Waals surface area (Å²) < 4.78 is 15.6. The van der Waals surface area contributed by atoms with Crippen molar-refractivity contribution in [2.24, 2.45) is 7.05 Å². The number of anilines is 1. The van der Waals surface area contributed by atoms with E-state index < -0.39 is 5.25 Å². The molecule has 140 valence electrons. The highest BCUT2D eigenvalue weighted by atomic mass is 35.5. The summed E-state index contributed by atoms with van der Waals surface area (Å²) in [5.74, 6) is -0.240. The Hall–Kier alpha value is -2.09. The fraction of sp³-hybridized carbons (Fsp3) is 0.167. The molecule has 1 unspecified atom stereocenters. The smallest absolute Gasteiger partial charge is 0.237 e. The number of benzene rings is 2. The summed E-state index contributed by atoms with van der Waals surface area (Å²) >= 11 is 13.2. The lowest BCUT2D eigenvalue weighted by atomic mass is 10.2. The second-order valence-electron chi connectivity index (χ2n) is 5.72. The van der Waals surface area contributed by atoms with Crippen LogP contribution in [0.4, 0.5) is 10.1 Å². The Morgan fingerprint density at radius 2 is 1.96 bits per heavy atom. The molecule has 3 aromatic rings. The Morgan fingerprint density at radius 1 is 1.22 bits per heavy atom. The van der Waals surface area contributed by atoms with E-state index in [1.165, 1.54) is 17.8 Å². The van der Waals surface area contributed by atoms with Gasteiger partial charge in [0.25, 0.3) is 0 Å². The first-order valence-electron chi connectivity index (χ1n) is 7.93. The molecule has 1 aromatic heterocycles. The maximum atomic E-state index is 14.0. The van der Waals surface area contributed by atoms with Crippen molar-refractivity contribution in [3.63, 3.8) is 0 Å². The lowest BCUT2D eigenvalue weighted by Gasteiger charge is -2.13. The number of carbonyl (C=O) groups excluding carboxylic acids is 1. The van der Waals surface area contributed by atoms with Crippen molar-refractivity contribution in [3.8, 4) is 11.4 Å². The van der Waals surface area contributed by atoms with Gasteiger partial charge in [-0.15, -0.1) is 10.2 Å². The third-order valence-electron chi connectivity index (χ3n) is 3.79. The van der Waals surface area contributed by atoms with Crippen LogP contribution in [0.15, 0.2) is 47.6 Å². The van der Waals surface area contributed by atoms with Gasteiger partial charge in [-0.05, 0) is 37.3 Å². The Labute approximate surface area is 169 Å². The van der Waals surface area contributed by atoms with Gasteiger partial charge in [0, 0.05) is 12.1 Å². The average molecular weight is 425 g/mol. The normalized spacial score (nSPS) is 12.0. The second kappa shape index (κ2) is 8.29. The molecule has 0 saturated heterocycles. The number of aromatic nitrogens is 3. The SMILES string of the molecule is CC(Sc1nnc(-c2ccccc2F)n1C)C(=O)Nc1ccc(Cl)cc1Cl. The van der Waals surface area contributed by atoms with Crippen LogP contribution in [-0.2, 0) is 11.8 Å². The first-order chi connectivity index (χ1) is 12.9. The van der Waals surface area contributed by atoms with Gasteiger partial charge in [0.05, 0.1) is 21.5 Å². The van der Waals surface area contributed by atoms with E-state index in [1.807, 2.05) is 0 Å². The predicted molar refractivity (Wildman–Crippen MR) is 107 cm³/mol. The van der Waals surface area contributed by atoms with E-state index in [9.17, 15) is 9.18 Å². The topological polar surface area (TPSA) is 59.8 Å². The quantitative estimate of drug-likeness (QED) is 0.582. The van der Waals surface area contributed by atoms with Crippen molar-refractivity contribution in [2.45, 2.75) is 17.3 Å². The summed E-state index contributed by atoms with van der Waals surface area (Å²) in [6, 6.07) is 11.2. The van der Waals surface area contributed by atoms with Crippen LogP contribution in [0.3, 0.4) is 0 Å². The lowest BCUT2D eigenvalue weighted by Crippen LogP contribution is -2.23. The molecule has 0 aliphatic heterocycles. The molecule has 1 heterocycles. The minimum absolute atomic E-state index is 0.250. The van der Waals surface area contributed by atoms with Crippen LogP contribution >= 0.6 is 35.0 Å². The summed E-state index contributed by atoms with van der Waals surface area (Å²) in [5, 5.41) is 11.7. The molecular weight excluding hydrogens is 410 g/mol. The van der Waals surface area contributed by atoms with Crippen molar-refractivity contribution in [1.29, 1.82) is 0 Å². The van der Waals surface area contributed by atoms with Crippen LogP contribution in [0, 0.1) is 5.82 Å². The van der Waals surface area contributed by atoms with Gasteiger partial charge in [0.2, 0.25) is 5.91 Å². The van der Waals surface area contributed by atoms with E-state index in [1.54, 1.807) is 54.9 Å². The van der Waals surface area contributed by atoms with E-state index in [0.29, 0.717) is 32.3 Å². The van der Waals surface area contributed by atoms with Gasteiger partial charge in [-0.1, -0.05) is 47.1 Å². The number of hydrogen-bond acceptors (Lipinski definition) is 4. The van der Waals surface area contributed by atoms with Crippen LogP contribution in [0.1, 0.15) is 6.92 Å². The third-order valence-corrected chi connectivity index (χ3v) is 5.47. The van der Waals surface area contributed by atoms with Crippen LogP contribution in [-0.4, -0.2) is 25.9 Å². The van der Waals surface area contributed by atoms with E-state index in [4.69, 9.17) is 23.2 Å². The van der Waals surface area contributed by atoms with E-state index in [0.717, 1.165) is 0 Å². The predicted octanol–water partition coefficient (Wildman–Crippen LogP) is 5.05. The molecule has 3 rings (SSSR count). The number of halogens is 3. The minimum Gasteiger partial charge on any atom is -0.324 e. The Kier molecular flexibility index (Phi) is 6.04. The highest BCUT2D eigenvalue weighted by molar-refractivity contribution is 8.00. The van der Waals surface area contributed by atoms with Crippen LogP contribution in [0.5, 0.6) is 0 Å². The molecule has 0 aliphatic carbocycles. The summed E-state index contributed by atoms with van der Waals surface area (Å²) in [5.41, 5.74) is 0.827. The molecule has 1 atom stereocenters. The molecule has 0 radical (unpaired) electrons. The standard InChI is InChI=1S/C18H15Cl2FN4OS/c1-10(17(26)22-15-8-7-11(19)9-13(15)20)27-18-24-23-16(25(18)2)12-5-3-4-6-14(12)21/h3-10H,1-2H3,(H,22,26). The molecule has 5 nitrogen and oxygen atoms in total. The first-order valence-corrected chi connectivity index (χ1v) is 9.57. The summed E-state index contributed by atoms with van der Waals surface area (Å²) in [4.78, 5) is 12.5. The average Bonchev–Trinajstić information content (AvgIpc) is 2.98. The number of thioether (sulfide) groups is 1. The minimum atomic E-state index is -0.479. The molecule has 1 amide bonds. The maximum absolute atomic E-state index is 14.0. The molecule has 0 saturated carbocycles. The second-order valence-corrected chi connectivity index (χ2v) is 7.87.